The van der Waals surface area contributed by atoms with Gasteiger partial charge in [0.2, 0.25) is 0 Å². The first-order valence-corrected chi connectivity index (χ1v) is 6.70. The van der Waals surface area contributed by atoms with E-state index in [9.17, 15) is 5.11 Å². The molecular weight excluding hydrogens is 266 g/mol. The van der Waals surface area contributed by atoms with E-state index in [1.807, 2.05) is 31.2 Å². The van der Waals surface area contributed by atoms with Crippen molar-refractivity contribution in [3.8, 4) is 17.4 Å². The third kappa shape index (κ3) is 2.23. The van der Waals surface area contributed by atoms with Crippen LogP contribution in [0.1, 0.15) is 6.92 Å². The Hall–Kier alpha value is -2.82. The van der Waals surface area contributed by atoms with E-state index in [2.05, 4.69) is 4.98 Å². The second-order valence-electron chi connectivity index (χ2n) is 4.52. The molecule has 0 spiro atoms. The van der Waals surface area contributed by atoms with Crippen molar-refractivity contribution < 1.29 is 9.84 Å². The standard InChI is InChI=1S/C16H15N3O2/c1-2-21-16-18-12-8-4-3-7-11(12)15(17)19(16)13-9-5-6-10-14(13)20/h3-10,17,20H,2H2,1H3. The smallest absolute Gasteiger partial charge is 0.303 e. The minimum Gasteiger partial charge on any atom is -0.506 e. The molecule has 0 aliphatic heterocycles. The third-order valence-electron chi connectivity index (χ3n) is 3.19. The number of hydrogen-bond acceptors (Lipinski definition) is 4. The molecule has 0 bridgehead atoms. The molecule has 0 amide bonds. The van der Waals surface area contributed by atoms with Crippen molar-refractivity contribution in [3.05, 3.63) is 54.0 Å². The summed E-state index contributed by atoms with van der Waals surface area (Å²) in [6.45, 7) is 2.29. The van der Waals surface area contributed by atoms with Crippen LogP contribution < -0.4 is 10.2 Å². The quantitative estimate of drug-likeness (QED) is 0.775. The summed E-state index contributed by atoms with van der Waals surface area (Å²) in [5.74, 6) is 0.0778. The zero-order valence-corrected chi connectivity index (χ0v) is 11.6. The van der Waals surface area contributed by atoms with E-state index >= 15 is 0 Å². The van der Waals surface area contributed by atoms with E-state index in [0.29, 0.717) is 29.2 Å². The molecule has 0 atom stereocenters. The lowest BCUT2D eigenvalue weighted by Gasteiger charge is -2.15. The summed E-state index contributed by atoms with van der Waals surface area (Å²) >= 11 is 0. The number of ether oxygens (including phenoxy) is 1. The Bertz CT molecular complexity index is 856. The maximum atomic E-state index is 10.1. The molecule has 3 aromatic rings. The fraction of sp³-hybridized carbons (Fsp3) is 0.125. The molecule has 106 valence electrons. The van der Waals surface area contributed by atoms with Crippen LogP contribution in [0.25, 0.3) is 16.6 Å². The highest BCUT2D eigenvalue weighted by Crippen LogP contribution is 2.24. The Morgan fingerprint density at radius 1 is 1.14 bits per heavy atom. The van der Waals surface area contributed by atoms with Gasteiger partial charge in [0.05, 0.1) is 17.8 Å². The molecule has 1 heterocycles. The fourth-order valence-corrected chi connectivity index (χ4v) is 2.24. The summed E-state index contributed by atoms with van der Waals surface area (Å²) < 4.78 is 7.07. The largest absolute Gasteiger partial charge is 0.506 e. The van der Waals surface area contributed by atoms with Crippen LogP contribution in [0.5, 0.6) is 11.8 Å². The van der Waals surface area contributed by atoms with Crippen molar-refractivity contribution in [3.63, 3.8) is 0 Å². The van der Waals surface area contributed by atoms with Gasteiger partial charge in [0.15, 0.2) is 0 Å². The van der Waals surface area contributed by atoms with Gasteiger partial charge in [-0.2, -0.15) is 4.98 Å². The molecule has 0 fully saturated rings. The monoisotopic (exact) mass is 281 g/mol. The lowest BCUT2D eigenvalue weighted by atomic mass is 10.2. The first kappa shape index (κ1) is 13.2. The average molecular weight is 281 g/mol. The predicted octanol–water partition coefficient (Wildman–Crippen LogP) is 2.61. The molecule has 0 saturated carbocycles. The highest BCUT2D eigenvalue weighted by molar-refractivity contribution is 5.78. The third-order valence-corrected chi connectivity index (χ3v) is 3.19. The van der Waals surface area contributed by atoms with Crippen LogP contribution in [0.2, 0.25) is 0 Å². The van der Waals surface area contributed by atoms with Gasteiger partial charge in [-0.1, -0.05) is 24.3 Å². The van der Waals surface area contributed by atoms with Gasteiger partial charge < -0.3 is 9.84 Å². The Labute approximate surface area is 121 Å². The molecule has 2 aromatic carbocycles. The molecule has 1 aromatic heterocycles. The van der Waals surface area contributed by atoms with Gasteiger partial charge in [-0.15, -0.1) is 0 Å². The number of nitrogens with zero attached hydrogens (tertiary/aromatic N) is 2. The van der Waals surface area contributed by atoms with Crippen LogP contribution in [0, 0.1) is 5.41 Å². The Balaban J connectivity index is 2.40. The number of aromatic nitrogens is 2. The van der Waals surface area contributed by atoms with Crippen molar-refractivity contribution in [1.29, 1.82) is 5.41 Å². The Kier molecular flexibility index (Phi) is 3.31. The van der Waals surface area contributed by atoms with Crippen molar-refractivity contribution in [2.75, 3.05) is 6.61 Å². The van der Waals surface area contributed by atoms with E-state index in [-0.39, 0.29) is 11.2 Å². The van der Waals surface area contributed by atoms with Crippen LogP contribution >= 0.6 is 0 Å². The van der Waals surface area contributed by atoms with Crippen molar-refractivity contribution in [1.82, 2.24) is 9.55 Å². The summed E-state index contributed by atoms with van der Waals surface area (Å²) in [5.41, 5.74) is 1.40. The normalized spacial score (nSPS) is 10.7. The fourth-order valence-electron chi connectivity index (χ4n) is 2.24. The predicted molar refractivity (Wildman–Crippen MR) is 79.8 cm³/mol. The molecule has 0 aliphatic carbocycles. The average Bonchev–Trinajstić information content (AvgIpc) is 2.49. The minimum absolute atomic E-state index is 0.0778. The van der Waals surface area contributed by atoms with Crippen LogP contribution in [-0.4, -0.2) is 21.3 Å². The van der Waals surface area contributed by atoms with Gasteiger partial charge in [-0.3, -0.25) is 5.41 Å². The van der Waals surface area contributed by atoms with Gasteiger partial charge in [-0.05, 0) is 31.2 Å². The van der Waals surface area contributed by atoms with E-state index < -0.39 is 0 Å². The van der Waals surface area contributed by atoms with E-state index in [1.54, 1.807) is 24.3 Å². The molecule has 0 unspecified atom stereocenters. The van der Waals surface area contributed by atoms with Crippen molar-refractivity contribution in [2.45, 2.75) is 6.92 Å². The molecule has 0 radical (unpaired) electrons. The van der Waals surface area contributed by atoms with Crippen molar-refractivity contribution >= 4 is 10.9 Å². The summed E-state index contributed by atoms with van der Waals surface area (Å²) in [5, 5.41) is 19.2. The first-order valence-electron chi connectivity index (χ1n) is 6.70. The number of hydrogen-bond donors (Lipinski definition) is 2. The first-order chi connectivity index (χ1) is 10.2. The number of phenolic OH excluding ortho intramolecular Hbond substituents is 1. The van der Waals surface area contributed by atoms with E-state index in [1.165, 1.54) is 4.57 Å². The molecule has 21 heavy (non-hydrogen) atoms. The molecule has 2 N–H and O–H groups in total. The van der Waals surface area contributed by atoms with Gasteiger partial charge in [0.1, 0.15) is 11.2 Å². The molecule has 5 nitrogen and oxygen atoms in total. The number of rotatable bonds is 3. The number of fused-ring (bicyclic) bond motifs is 1. The zero-order valence-electron chi connectivity index (χ0n) is 11.6. The van der Waals surface area contributed by atoms with Crippen LogP contribution in [0.15, 0.2) is 48.5 Å². The highest BCUT2D eigenvalue weighted by Gasteiger charge is 2.13. The minimum atomic E-state index is 0.0778. The van der Waals surface area contributed by atoms with Gasteiger partial charge in [-0.25, -0.2) is 4.57 Å². The zero-order chi connectivity index (χ0) is 14.8. The second kappa shape index (κ2) is 5.28. The number of benzene rings is 2. The van der Waals surface area contributed by atoms with Gasteiger partial charge in [0, 0.05) is 5.39 Å². The maximum Gasteiger partial charge on any atom is 0.303 e. The SMILES string of the molecule is CCOc1nc2ccccc2c(=N)n1-c1ccccc1O. The number of phenols is 1. The van der Waals surface area contributed by atoms with Crippen LogP contribution in [-0.2, 0) is 0 Å². The van der Waals surface area contributed by atoms with Crippen LogP contribution in [0.3, 0.4) is 0 Å². The molecular formula is C16H15N3O2. The lowest BCUT2D eigenvalue weighted by Crippen LogP contribution is -2.22. The molecule has 5 heteroatoms. The lowest BCUT2D eigenvalue weighted by molar-refractivity contribution is 0.302. The number of aromatic hydroxyl groups is 1. The van der Waals surface area contributed by atoms with Gasteiger partial charge in [0.25, 0.3) is 0 Å². The summed E-state index contributed by atoms with van der Waals surface area (Å²) in [4.78, 5) is 4.45. The summed E-state index contributed by atoms with van der Waals surface area (Å²) in [7, 11) is 0. The number of nitrogens with one attached hydrogen (secondary N) is 1. The topological polar surface area (TPSA) is 71.1 Å². The van der Waals surface area contributed by atoms with E-state index in [0.717, 1.165) is 0 Å². The van der Waals surface area contributed by atoms with Gasteiger partial charge >= 0.3 is 6.01 Å². The molecule has 0 aliphatic rings. The Morgan fingerprint density at radius 3 is 2.62 bits per heavy atom. The van der Waals surface area contributed by atoms with Crippen molar-refractivity contribution in [2.24, 2.45) is 0 Å². The molecule has 0 saturated heterocycles. The van der Waals surface area contributed by atoms with E-state index in [4.69, 9.17) is 10.1 Å². The second-order valence-corrected chi connectivity index (χ2v) is 4.52. The molecule has 3 rings (SSSR count). The number of para-hydroxylation sites is 3. The Morgan fingerprint density at radius 2 is 1.86 bits per heavy atom. The summed E-state index contributed by atoms with van der Waals surface area (Å²) in [6.07, 6.45) is 0. The highest BCUT2D eigenvalue weighted by atomic mass is 16.5. The van der Waals surface area contributed by atoms with Crippen LogP contribution in [0.4, 0.5) is 0 Å². The summed E-state index contributed by atoms with van der Waals surface area (Å²) in [6, 6.07) is 14.5. The maximum absolute atomic E-state index is 10.1.